The third-order valence-corrected chi connectivity index (χ3v) is 5.65. The third-order valence-electron chi connectivity index (χ3n) is 4.99. The highest BCUT2D eigenvalue weighted by Crippen LogP contribution is 2.34. The lowest BCUT2D eigenvalue weighted by Gasteiger charge is -2.10. The van der Waals surface area contributed by atoms with Crippen LogP contribution in [0.5, 0.6) is 0 Å². The Labute approximate surface area is 168 Å². The summed E-state index contributed by atoms with van der Waals surface area (Å²) in [4.78, 5) is 21.9. The minimum absolute atomic E-state index is 0.00833. The first-order valence-corrected chi connectivity index (χ1v) is 10.2. The van der Waals surface area contributed by atoms with Crippen molar-refractivity contribution in [3.63, 3.8) is 0 Å². The minimum atomic E-state index is -0.00833. The topological polar surface area (TPSA) is 58.2 Å². The summed E-state index contributed by atoms with van der Waals surface area (Å²) in [6.07, 6.45) is 6.87. The van der Waals surface area contributed by atoms with Gasteiger partial charge in [-0.25, -0.2) is 0 Å². The first-order valence-electron chi connectivity index (χ1n) is 9.42. The van der Waals surface area contributed by atoms with Crippen LogP contribution >= 0.6 is 15.9 Å². The monoisotopic (exact) mass is 428 g/mol. The minimum Gasteiger partial charge on any atom is -0.326 e. The van der Waals surface area contributed by atoms with Crippen molar-refractivity contribution in [2.24, 2.45) is 0 Å². The Morgan fingerprint density at radius 2 is 1.44 bits per heavy atom. The van der Waals surface area contributed by atoms with Gasteiger partial charge in [0.1, 0.15) is 0 Å². The number of halogens is 1. The average molecular weight is 429 g/mol. The Kier molecular flexibility index (Phi) is 6.32. The second-order valence-electron chi connectivity index (χ2n) is 7.07. The van der Waals surface area contributed by atoms with Crippen molar-refractivity contribution in [2.45, 2.75) is 52.4 Å². The molecule has 0 heterocycles. The summed E-state index contributed by atoms with van der Waals surface area (Å²) in [6.45, 7) is 3.09. The van der Waals surface area contributed by atoms with Crippen LogP contribution in [-0.2, 0) is 35.3 Å². The number of anilines is 2. The van der Waals surface area contributed by atoms with E-state index >= 15 is 0 Å². The predicted molar refractivity (Wildman–Crippen MR) is 113 cm³/mol. The number of carbonyl (C=O) groups excluding carboxylic acids is 2. The molecule has 0 spiro atoms. The van der Waals surface area contributed by atoms with Crippen LogP contribution in [0.3, 0.4) is 0 Å². The molecule has 27 heavy (non-hydrogen) atoms. The zero-order valence-corrected chi connectivity index (χ0v) is 17.4. The number of hydrogen-bond acceptors (Lipinski definition) is 2. The average Bonchev–Trinajstić information content (AvgIpc) is 3.27. The summed E-state index contributed by atoms with van der Waals surface area (Å²) in [5.74, 6) is 0.00583. The van der Waals surface area contributed by atoms with Gasteiger partial charge in [-0.2, -0.15) is 0 Å². The largest absolute Gasteiger partial charge is 0.326 e. The van der Waals surface area contributed by atoms with Crippen molar-refractivity contribution in [1.82, 2.24) is 0 Å². The summed E-state index contributed by atoms with van der Waals surface area (Å²) in [5, 5.41) is 5.75. The Hall–Kier alpha value is -2.14. The van der Waals surface area contributed by atoms with Crippen molar-refractivity contribution < 1.29 is 9.59 Å². The molecule has 0 saturated carbocycles. The molecule has 0 unspecified atom stereocenters. The molecule has 0 bridgehead atoms. The van der Waals surface area contributed by atoms with Crippen LogP contribution in [0.2, 0.25) is 0 Å². The van der Waals surface area contributed by atoms with Crippen molar-refractivity contribution in [3.8, 4) is 0 Å². The van der Waals surface area contributed by atoms with Crippen molar-refractivity contribution in [1.29, 1.82) is 0 Å². The van der Waals surface area contributed by atoms with Crippen molar-refractivity contribution in [3.05, 3.63) is 57.1 Å². The van der Waals surface area contributed by atoms with Gasteiger partial charge in [0, 0.05) is 24.0 Å². The molecule has 0 atom stereocenters. The number of hydrogen-bond donors (Lipinski definition) is 2. The summed E-state index contributed by atoms with van der Waals surface area (Å²) in [5.41, 5.74) is 7.37. The molecule has 4 nitrogen and oxygen atoms in total. The molecule has 2 aromatic rings. The Bertz CT molecular complexity index is 877. The van der Waals surface area contributed by atoms with E-state index in [4.69, 9.17) is 0 Å². The molecule has 0 aliphatic heterocycles. The lowest BCUT2D eigenvalue weighted by atomic mass is 10.1. The SMILES string of the molecule is CC(=O)Nc1c(Br)ccc2c1CCC2.CC(=O)Nc1cccc2c1CCC2. The van der Waals surface area contributed by atoms with Crippen molar-refractivity contribution in [2.75, 3.05) is 10.6 Å². The Morgan fingerprint density at radius 1 is 0.815 bits per heavy atom. The molecule has 2 aliphatic rings. The van der Waals surface area contributed by atoms with Crippen LogP contribution in [0.25, 0.3) is 0 Å². The first-order chi connectivity index (χ1) is 13.0. The van der Waals surface area contributed by atoms with Gasteiger partial charge in [0.05, 0.1) is 5.69 Å². The van der Waals surface area contributed by atoms with Crippen molar-refractivity contribution >= 4 is 39.1 Å². The van der Waals surface area contributed by atoms with Gasteiger partial charge in [0.15, 0.2) is 0 Å². The zero-order chi connectivity index (χ0) is 19.4. The van der Waals surface area contributed by atoms with E-state index in [0.29, 0.717) is 0 Å². The molecule has 2 aliphatic carbocycles. The molecule has 2 amide bonds. The number of benzene rings is 2. The van der Waals surface area contributed by atoms with Crippen LogP contribution in [-0.4, -0.2) is 11.8 Å². The molecule has 2 N–H and O–H groups in total. The number of aryl methyl sites for hydroxylation is 2. The highest BCUT2D eigenvalue weighted by Gasteiger charge is 2.17. The number of rotatable bonds is 2. The molecule has 0 radical (unpaired) electrons. The Balaban J connectivity index is 0.000000156. The van der Waals surface area contributed by atoms with Gasteiger partial charge in [-0.3, -0.25) is 9.59 Å². The van der Waals surface area contributed by atoms with E-state index < -0.39 is 0 Å². The molecule has 0 aromatic heterocycles. The summed E-state index contributed by atoms with van der Waals surface area (Å²) < 4.78 is 0.980. The van der Waals surface area contributed by atoms with Gasteiger partial charge in [0.2, 0.25) is 11.8 Å². The molecule has 4 rings (SSSR count). The number of fused-ring (bicyclic) bond motifs is 2. The standard InChI is InChI=1S/C11H12BrNO.C11H13NO/c1-7(14)13-11-9-4-2-3-8(9)5-6-10(11)12;1-8(13)12-11-7-3-5-9-4-2-6-10(9)11/h5-6H,2-4H2,1H3,(H,13,14);3,5,7H,2,4,6H2,1H3,(H,12,13). The third kappa shape index (κ3) is 4.78. The maximum atomic E-state index is 11.0. The number of carbonyl (C=O) groups is 2. The number of nitrogens with one attached hydrogen (secondary N) is 2. The van der Waals surface area contributed by atoms with Gasteiger partial charge >= 0.3 is 0 Å². The summed E-state index contributed by atoms with van der Waals surface area (Å²) in [7, 11) is 0. The molecule has 5 heteroatoms. The van der Waals surface area contributed by atoms with Gasteiger partial charge in [-0.1, -0.05) is 18.2 Å². The smallest absolute Gasteiger partial charge is 0.221 e. The van der Waals surface area contributed by atoms with E-state index in [1.807, 2.05) is 18.2 Å². The van der Waals surface area contributed by atoms with E-state index in [0.717, 1.165) is 41.5 Å². The molecule has 0 saturated heterocycles. The maximum Gasteiger partial charge on any atom is 0.221 e. The van der Waals surface area contributed by atoms with E-state index in [2.05, 4.69) is 38.7 Å². The van der Waals surface area contributed by atoms with Crippen LogP contribution in [0.4, 0.5) is 11.4 Å². The second-order valence-corrected chi connectivity index (χ2v) is 7.93. The van der Waals surface area contributed by atoms with Crippen LogP contribution in [0.15, 0.2) is 34.8 Å². The van der Waals surface area contributed by atoms with E-state index in [9.17, 15) is 9.59 Å². The quantitative estimate of drug-likeness (QED) is 0.704. The summed E-state index contributed by atoms with van der Waals surface area (Å²) >= 11 is 3.46. The Morgan fingerprint density at radius 3 is 2.11 bits per heavy atom. The van der Waals surface area contributed by atoms with E-state index in [1.54, 1.807) is 13.8 Å². The highest BCUT2D eigenvalue weighted by molar-refractivity contribution is 9.10. The van der Waals surface area contributed by atoms with Crippen LogP contribution in [0, 0.1) is 0 Å². The van der Waals surface area contributed by atoms with E-state index in [1.165, 1.54) is 35.1 Å². The molecule has 0 fully saturated rings. The highest BCUT2D eigenvalue weighted by atomic mass is 79.9. The van der Waals surface area contributed by atoms with Gasteiger partial charge in [-0.15, -0.1) is 0 Å². The maximum absolute atomic E-state index is 11.0. The zero-order valence-electron chi connectivity index (χ0n) is 15.8. The fourth-order valence-electron chi connectivity index (χ4n) is 3.88. The first kappa shape index (κ1) is 19.6. The second kappa shape index (κ2) is 8.70. The summed E-state index contributed by atoms with van der Waals surface area (Å²) in [6, 6.07) is 10.3. The molecule has 2 aromatic carbocycles. The predicted octanol–water partition coefficient (Wildman–Crippen LogP) is 5.03. The number of amides is 2. The fraction of sp³-hybridized carbons (Fsp3) is 0.364. The molecular formula is C22H25BrN2O2. The molecule has 142 valence electrons. The van der Waals surface area contributed by atoms with Gasteiger partial charge in [-0.05, 0) is 88.8 Å². The van der Waals surface area contributed by atoms with Crippen LogP contribution in [0.1, 0.15) is 48.9 Å². The fourth-order valence-corrected chi connectivity index (χ4v) is 4.35. The van der Waals surface area contributed by atoms with Gasteiger partial charge in [0.25, 0.3) is 0 Å². The van der Waals surface area contributed by atoms with E-state index in [-0.39, 0.29) is 11.8 Å². The normalized spacial score (nSPS) is 13.9. The van der Waals surface area contributed by atoms with Crippen LogP contribution < -0.4 is 10.6 Å². The van der Waals surface area contributed by atoms with Gasteiger partial charge < -0.3 is 10.6 Å². The molecular weight excluding hydrogens is 404 g/mol. The lowest BCUT2D eigenvalue weighted by Crippen LogP contribution is -2.08. The lowest BCUT2D eigenvalue weighted by molar-refractivity contribution is -0.115.